The molecule has 5 nitrogen and oxygen atoms in total. The minimum Gasteiger partial charge on any atom is -0.457 e. The van der Waals surface area contributed by atoms with Crippen LogP contribution in [0.25, 0.3) is 0 Å². The van der Waals surface area contributed by atoms with E-state index in [0.29, 0.717) is 25.1 Å². The Bertz CT molecular complexity index is 376. The molecule has 1 aromatic heterocycles. The van der Waals surface area contributed by atoms with Crippen LogP contribution in [-0.4, -0.2) is 48.2 Å². The molecule has 0 bridgehead atoms. The molecule has 1 N–H and O–H groups in total. The molecule has 1 aromatic rings. The van der Waals surface area contributed by atoms with Gasteiger partial charge in [0.1, 0.15) is 5.76 Å². The van der Waals surface area contributed by atoms with E-state index in [9.17, 15) is 4.79 Å². The Morgan fingerprint density at radius 3 is 3.00 bits per heavy atom. The van der Waals surface area contributed by atoms with Crippen LogP contribution in [0.4, 0.5) is 0 Å². The lowest BCUT2D eigenvalue weighted by Gasteiger charge is -2.35. The smallest absolute Gasteiger partial charge is 0.185 e. The normalized spacial score (nSPS) is 26.0. The van der Waals surface area contributed by atoms with E-state index in [2.05, 4.69) is 4.90 Å². The van der Waals surface area contributed by atoms with Gasteiger partial charge < -0.3 is 14.3 Å². The standard InChI is InChI=1S/C12H17NO4/c1-9-4-13(6-12(8-15)16-9)5-10-2-3-11(7-14)17-10/h2-3,7,9,12,15H,4-6,8H2,1H3. The van der Waals surface area contributed by atoms with Crippen LogP contribution in [0.1, 0.15) is 23.2 Å². The van der Waals surface area contributed by atoms with Gasteiger partial charge in [0.25, 0.3) is 0 Å². The molecule has 1 aliphatic heterocycles. The quantitative estimate of drug-likeness (QED) is 0.783. The Balaban J connectivity index is 1.95. The summed E-state index contributed by atoms with van der Waals surface area (Å²) in [7, 11) is 0. The van der Waals surface area contributed by atoms with Crippen LogP contribution in [0, 0.1) is 0 Å². The number of carbonyl (C=O) groups is 1. The fraction of sp³-hybridized carbons (Fsp3) is 0.583. The van der Waals surface area contributed by atoms with Crippen molar-refractivity contribution in [2.75, 3.05) is 19.7 Å². The second-order valence-electron chi connectivity index (χ2n) is 4.37. The Hall–Kier alpha value is -1.17. The third kappa shape index (κ3) is 3.15. The van der Waals surface area contributed by atoms with E-state index in [1.165, 1.54) is 0 Å². The first-order chi connectivity index (χ1) is 8.21. The molecule has 17 heavy (non-hydrogen) atoms. The van der Waals surface area contributed by atoms with Crippen LogP contribution in [0.15, 0.2) is 16.5 Å². The summed E-state index contributed by atoms with van der Waals surface area (Å²) in [5, 5.41) is 9.11. The number of rotatable bonds is 4. The minimum atomic E-state index is -0.140. The molecule has 1 aliphatic rings. The average Bonchev–Trinajstić information content (AvgIpc) is 2.76. The van der Waals surface area contributed by atoms with Crippen molar-refractivity contribution in [1.29, 1.82) is 0 Å². The zero-order valence-corrected chi connectivity index (χ0v) is 9.83. The third-order valence-electron chi connectivity index (χ3n) is 2.78. The maximum absolute atomic E-state index is 10.5. The van der Waals surface area contributed by atoms with Gasteiger partial charge in [-0.2, -0.15) is 0 Å². The molecule has 0 aliphatic carbocycles. The minimum absolute atomic E-state index is 0.0264. The lowest BCUT2D eigenvalue weighted by Crippen LogP contribution is -2.47. The Labute approximate surface area is 100.0 Å². The summed E-state index contributed by atoms with van der Waals surface area (Å²) < 4.78 is 10.9. The Kier molecular flexibility index (Phi) is 3.93. The molecule has 2 heterocycles. The number of nitrogens with zero attached hydrogens (tertiary/aromatic N) is 1. The number of furan rings is 1. The van der Waals surface area contributed by atoms with Crippen molar-refractivity contribution in [3.05, 3.63) is 23.7 Å². The molecule has 2 atom stereocenters. The van der Waals surface area contributed by atoms with Crippen LogP contribution in [-0.2, 0) is 11.3 Å². The number of aliphatic hydroxyl groups is 1. The molecular formula is C12H17NO4. The van der Waals surface area contributed by atoms with Crippen molar-refractivity contribution < 1.29 is 19.1 Å². The summed E-state index contributed by atoms with van der Waals surface area (Å²) >= 11 is 0. The number of carbonyl (C=O) groups excluding carboxylic acids is 1. The van der Waals surface area contributed by atoms with Gasteiger partial charge in [-0.3, -0.25) is 9.69 Å². The number of ether oxygens (including phenoxy) is 1. The van der Waals surface area contributed by atoms with Crippen LogP contribution in [0.5, 0.6) is 0 Å². The van der Waals surface area contributed by atoms with Crippen molar-refractivity contribution in [3.63, 3.8) is 0 Å². The van der Waals surface area contributed by atoms with Gasteiger partial charge in [-0.05, 0) is 19.1 Å². The molecule has 5 heteroatoms. The first kappa shape index (κ1) is 12.3. The number of aliphatic hydroxyl groups excluding tert-OH is 1. The molecule has 0 spiro atoms. The molecule has 2 rings (SSSR count). The van der Waals surface area contributed by atoms with E-state index in [1.54, 1.807) is 12.1 Å². The second-order valence-corrected chi connectivity index (χ2v) is 4.37. The number of morpholine rings is 1. The molecule has 0 radical (unpaired) electrons. The lowest BCUT2D eigenvalue weighted by molar-refractivity contribution is -0.0983. The van der Waals surface area contributed by atoms with Gasteiger partial charge in [0.15, 0.2) is 12.0 Å². The molecule has 2 unspecified atom stereocenters. The lowest BCUT2D eigenvalue weighted by atomic mass is 10.2. The zero-order chi connectivity index (χ0) is 12.3. The molecule has 0 amide bonds. The Morgan fingerprint density at radius 1 is 1.53 bits per heavy atom. The van der Waals surface area contributed by atoms with Crippen molar-refractivity contribution >= 4 is 6.29 Å². The highest BCUT2D eigenvalue weighted by atomic mass is 16.5. The van der Waals surface area contributed by atoms with Crippen molar-refractivity contribution in [2.45, 2.75) is 25.7 Å². The largest absolute Gasteiger partial charge is 0.457 e. The van der Waals surface area contributed by atoms with Gasteiger partial charge in [0.05, 0.1) is 25.4 Å². The first-order valence-electron chi connectivity index (χ1n) is 5.74. The maximum Gasteiger partial charge on any atom is 0.185 e. The van der Waals surface area contributed by atoms with E-state index in [4.69, 9.17) is 14.3 Å². The van der Waals surface area contributed by atoms with Gasteiger partial charge in [-0.1, -0.05) is 0 Å². The van der Waals surface area contributed by atoms with Gasteiger partial charge in [-0.15, -0.1) is 0 Å². The molecular weight excluding hydrogens is 222 g/mol. The number of hydrogen-bond acceptors (Lipinski definition) is 5. The summed E-state index contributed by atoms with van der Waals surface area (Å²) in [6, 6.07) is 3.47. The van der Waals surface area contributed by atoms with Gasteiger partial charge in [0.2, 0.25) is 0 Å². The van der Waals surface area contributed by atoms with Crippen LogP contribution >= 0.6 is 0 Å². The predicted octanol–water partition coefficient (Wildman–Crippen LogP) is 0.674. The zero-order valence-electron chi connectivity index (χ0n) is 9.83. The van der Waals surface area contributed by atoms with Crippen LogP contribution in [0.3, 0.4) is 0 Å². The highest BCUT2D eigenvalue weighted by molar-refractivity contribution is 5.70. The van der Waals surface area contributed by atoms with Crippen molar-refractivity contribution in [1.82, 2.24) is 4.90 Å². The summed E-state index contributed by atoms with van der Waals surface area (Å²) in [4.78, 5) is 12.7. The molecule has 1 saturated heterocycles. The Morgan fingerprint density at radius 2 is 2.35 bits per heavy atom. The van der Waals surface area contributed by atoms with Gasteiger partial charge in [0, 0.05) is 13.1 Å². The first-order valence-corrected chi connectivity index (χ1v) is 5.74. The summed E-state index contributed by atoms with van der Waals surface area (Å²) in [6.07, 6.45) is 0.655. The summed E-state index contributed by atoms with van der Waals surface area (Å²) in [5.41, 5.74) is 0. The van der Waals surface area contributed by atoms with Crippen LogP contribution < -0.4 is 0 Å². The molecule has 94 valence electrons. The maximum atomic E-state index is 10.5. The average molecular weight is 239 g/mol. The van der Waals surface area contributed by atoms with E-state index < -0.39 is 0 Å². The highest BCUT2D eigenvalue weighted by Crippen LogP contribution is 2.15. The van der Waals surface area contributed by atoms with E-state index in [-0.39, 0.29) is 18.8 Å². The third-order valence-corrected chi connectivity index (χ3v) is 2.78. The summed E-state index contributed by atoms with van der Waals surface area (Å²) in [6.45, 7) is 4.12. The van der Waals surface area contributed by atoms with E-state index in [0.717, 1.165) is 12.3 Å². The second kappa shape index (κ2) is 5.44. The van der Waals surface area contributed by atoms with Crippen molar-refractivity contribution in [2.24, 2.45) is 0 Å². The highest BCUT2D eigenvalue weighted by Gasteiger charge is 2.25. The molecule has 1 fully saturated rings. The summed E-state index contributed by atoms with van der Waals surface area (Å²) in [5.74, 6) is 1.11. The molecule has 0 saturated carbocycles. The fourth-order valence-electron chi connectivity index (χ4n) is 2.13. The van der Waals surface area contributed by atoms with Crippen LogP contribution in [0.2, 0.25) is 0 Å². The topological polar surface area (TPSA) is 62.9 Å². The SMILES string of the molecule is CC1CN(Cc2ccc(C=O)o2)CC(CO)O1. The fourth-order valence-corrected chi connectivity index (χ4v) is 2.13. The van der Waals surface area contributed by atoms with Crippen molar-refractivity contribution in [3.8, 4) is 0 Å². The van der Waals surface area contributed by atoms with Gasteiger partial charge in [-0.25, -0.2) is 0 Å². The molecule has 0 aromatic carbocycles. The van der Waals surface area contributed by atoms with E-state index in [1.807, 2.05) is 6.92 Å². The number of hydrogen-bond donors (Lipinski definition) is 1. The predicted molar refractivity (Wildman–Crippen MR) is 60.8 cm³/mol. The van der Waals surface area contributed by atoms with Gasteiger partial charge >= 0.3 is 0 Å². The monoisotopic (exact) mass is 239 g/mol. The number of aldehydes is 1. The van der Waals surface area contributed by atoms with E-state index >= 15 is 0 Å².